The second-order valence-electron chi connectivity index (χ2n) is 11.3. The number of aromatic nitrogens is 2. The maximum Gasteiger partial charge on any atom is 0.405 e. The number of aliphatic hydroxyl groups excluding tert-OH is 1. The van der Waals surface area contributed by atoms with Gasteiger partial charge in [0.2, 0.25) is 12.1 Å². The van der Waals surface area contributed by atoms with Crippen molar-refractivity contribution in [1.82, 2.24) is 20.0 Å². The average molecular weight is 724 g/mol. The number of alkyl halides is 2. The second kappa shape index (κ2) is 23.0. The molecule has 0 radical (unpaired) electrons. The Morgan fingerprint density at radius 2 is 1.58 bits per heavy atom. The molecule has 0 aromatic carbocycles. The summed E-state index contributed by atoms with van der Waals surface area (Å²) < 4.78 is 59.0. The number of hydrogen-bond donors (Lipinski definition) is 4. The van der Waals surface area contributed by atoms with E-state index in [0.29, 0.717) is 11.0 Å². The summed E-state index contributed by atoms with van der Waals surface area (Å²) in [6.07, 6.45) is 25.0. The lowest BCUT2D eigenvalue weighted by atomic mass is 10.1. The van der Waals surface area contributed by atoms with E-state index in [1.165, 1.54) is 6.92 Å². The number of aliphatic hydroxyl groups is 1. The molecule has 1 aromatic rings. The minimum Gasteiger partial charge on any atom is -0.384 e. The largest absolute Gasteiger partial charge is 0.405 e. The number of carbonyl (C=O) groups excluding carboxylic acids is 1. The Balaban J connectivity index is 1.62. The molecule has 12 nitrogen and oxygen atoms in total. The number of nitrogen functional groups attached to an aromatic ring is 1. The summed E-state index contributed by atoms with van der Waals surface area (Å²) in [5, 5.41) is 15.5. The van der Waals surface area contributed by atoms with E-state index in [9.17, 15) is 28.0 Å². The number of nitrogens with one attached hydrogen (secondary N) is 2. The molecule has 5 atom stereocenters. The number of halogens is 2. The number of amides is 1. The highest BCUT2D eigenvalue weighted by molar-refractivity contribution is 7.51. The van der Waals surface area contributed by atoms with Gasteiger partial charge in [-0.1, -0.05) is 79.8 Å². The highest BCUT2D eigenvalue weighted by Gasteiger charge is 2.61. The van der Waals surface area contributed by atoms with Crippen LogP contribution in [0.1, 0.15) is 71.4 Å². The Hall–Kier alpha value is -3.52. The third-order valence-corrected chi connectivity index (χ3v) is 9.02. The van der Waals surface area contributed by atoms with Crippen molar-refractivity contribution in [1.29, 1.82) is 0 Å². The van der Waals surface area contributed by atoms with E-state index < -0.39 is 43.9 Å². The Morgan fingerprint density at radius 3 is 2.10 bits per heavy atom. The van der Waals surface area contributed by atoms with Crippen molar-refractivity contribution in [2.24, 2.45) is 0 Å². The van der Waals surface area contributed by atoms with Gasteiger partial charge in [0.05, 0.1) is 6.10 Å². The maximum atomic E-state index is 14.9. The molecule has 5 N–H and O–H groups in total. The number of allylic oxidation sites excluding steroid dienone is 12. The molecule has 50 heavy (non-hydrogen) atoms. The fourth-order valence-corrected chi connectivity index (χ4v) is 5.90. The van der Waals surface area contributed by atoms with Crippen LogP contribution in [0.4, 0.5) is 14.6 Å². The minimum atomic E-state index is -4.07. The first-order valence-corrected chi connectivity index (χ1v) is 18.3. The number of hydrogen-bond acceptors (Lipinski definition) is 9. The number of carbonyl (C=O) groups is 1. The van der Waals surface area contributed by atoms with Crippen molar-refractivity contribution in [2.45, 2.75) is 95.7 Å². The Kier molecular flexibility index (Phi) is 19.7. The average Bonchev–Trinajstić information content (AvgIpc) is 3.32. The summed E-state index contributed by atoms with van der Waals surface area (Å²) in [5.74, 6) is -4.30. The standard InChI is InChI=1S/C35H52F2N5O7P/c1-4-5-6-7-8-9-10-11-12-13-14-15-16-17-18-19-20-21-22-23-30(43)39-25-26-40-50(46,47-3)49-28(2)31-32(44)35(36,37)33(48-31)42-27-24-29(38)41-34(42)45/h5-6,8-9,11-12,14-15,17-18,20-21,24,27-28,31-33,44H,4,7,10,13,16,19,22-23,25-26H2,1-3H3,(H,39,43)(H,40,46)(H2,38,41,45). The van der Waals surface area contributed by atoms with Crippen molar-refractivity contribution in [3.8, 4) is 0 Å². The van der Waals surface area contributed by atoms with Gasteiger partial charge < -0.3 is 25.4 Å². The van der Waals surface area contributed by atoms with E-state index in [0.717, 1.165) is 57.9 Å². The molecule has 1 saturated heterocycles. The van der Waals surface area contributed by atoms with Crippen LogP contribution in [-0.4, -0.2) is 65.0 Å². The summed E-state index contributed by atoms with van der Waals surface area (Å²) in [7, 11) is -2.97. The fraction of sp³-hybridized carbons (Fsp3) is 0.514. The van der Waals surface area contributed by atoms with Gasteiger partial charge in [-0.25, -0.2) is 14.4 Å². The lowest BCUT2D eigenvalue weighted by Gasteiger charge is -2.26. The number of rotatable bonds is 23. The molecule has 2 rings (SSSR count). The molecule has 2 heterocycles. The van der Waals surface area contributed by atoms with E-state index in [-0.39, 0.29) is 31.2 Å². The van der Waals surface area contributed by atoms with Crippen LogP contribution in [0, 0.1) is 0 Å². The van der Waals surface area contributed by atoms with Crippen LogP contribution in [0.15, 0.2) is 90.0 Å². The molecule has 1 aliphatic rings. The highest BCUT2D eigenvalue weighted by atomic mass is 31.2. The number of nitrogens with two attached hydrogens (primary N) is 1. The van der Waals surface area contributed by atoms with Crippen LogP contribution < -0.4 is 21.8 Å². The topological polar surface area (TPSA) is 167 Å². The summed E-state index contributed by atoms with van der Waals surface area (Å²) in [5.41, 5.74) is 4.32. The molecule has 5 unspecified atom stereocenters. The quantitative estimate of drug-likeness (QED) is 0.0592. The van der Waals surface area contributed by atoms with Crippen LogP contribution in [0.25, 0.3) is 0 Å². The van der Waals surface area contributed by atoms with Crippen LogP contribution in [0.3, 0.4) is 0 Å². The van der Waals surface area contributed by atoms with Crippen LogP contribution in [0.2, 0.25) is 0 Å². The fourth-order valence-electron chi connectivity index (χ4n) is 4.66. The predicted molar refractivity (Wildman–Crippen MR) is 191 cm³/mol. The molecule has 0 aliphatic carbocycles. The molecule has 1 aliphatic heterocycles. The third kappa shape index (κ3) is 15.2. The molecule has 278 valence electrons. The van der Waals surface area contributed by atoms with E-state index in [2.05, 4.69) is 83.1 Å². The molecule has 1 aromatic heterocycles. The second-order valence-corrected chi connectivity index (χ2v) is 13.2. The zero-order chi connectivity index (χ0) is 36.8. The molecular formula is C35H52F2N5O7P. The molecular weight excluding hydrogens is 671 g/mol. The van der Waals surface area contributed by atoms with E-state index in [1.54, 1.807) is 0 Å². The first kappa shape index (κ1) is 42.6. The van der Waals surface area contributed by atoms with Crippen LogP contribution in [0.5, 0.6) is 0 Å². The van der Waals surface area contributed by atoms with Crippen molar-refractivity contribution < 1.29 is 37.0 Å². The normalized spacial score (nSPS) is 21.4. The Labute approximate surface area is 293 Å². The van der Waals surface area contributed by atoms with Crippen LogP contribution in [-0.2, 0) is 23.1 Å². The van der Waals surface area contributed by atoms with Gasteiger partial charge in [-0.15, -0.1) is 0 Å². The van der Waals surface area contributed by atoms with Crippen LogP contribution >= 0.6 is 7.75 Å². The monoisotopic (exact) mass is 723 g/mol. The molecule has 15 heteroatoms. The summed E-state index contributed by atoms with van der Waals surface area (Å²) in [6, 6.07) is 1.13. The summed E-state index contributed by atoms with van der Waals surface area (Å²) in [6.45, 7) is 3.45. The number of ether oxygens (including phenoxy) is 1. The maximum absolute atomic E-state index is 14.9. The van der Waals surface area contributed by atoms with Gasteiger partial charge in [-0.05, 0) is 57.9 Å². The van der Waals surface area contributed by atoms with E-state index >= 15 is 0 Å². The zero-order valence-electron chi connectivity index (χ0n) is 29.0. The van der Waals surface area contributed by atoms with Gasteiger partial charge in [0.15, 0.2) is 6.10 Å². The first-order valence-electron chi connectivity index (χ1n) is 16.8. The van der Waals surface area contributed by atoms with Gasteiger partial charge >= 0.3 is 19.4 Å². The van der Waals surface area contributed by atoms with Gasteiger partial charge in [-0.2, -0.15) is 13.8 Å². The van der Waals surface area contributed by atoms with E-state index in [1.807, 2.05) is 12.2 Å². The van der Waals surface area contributed by atoms with Gasteiger partial charge in [0.25, 0.3) is 0 Å². The first-order chi connectivity index (χ1) is 23.9. The lowest BCUT2D eigenvalue weighted by molar-refractivity contribution is -0.141. The number of anilines is 1. The van der Waals surface area contributed by atoms with Crippen molar-refractivity contribution in [3.05, 3.63) is 95.7 Å². The lowest BCUT2D eigenvalue weighted by Crippen LogP contribution is -2.43. The Bertz CT molecular complexity index is 1460. The zero-order valence-corrected chi connectivity index (χ0v) is 29.9. The molecule has 1 amide bonds. The molecule has 0 spiro atoms. The molecule has 0 bridgehead atoms. The van der Waals surface area contributed by atoms with Crippen molar-refractivity contribution in [2.75, 3.05) is 25.9 Å². The predicted octanol–water partition coefficient (Wildman–Crippen LogP) is 6.06. The van der Waals surface area contributed by atoms with Gasteiger partial charge in [-0.3, -0.25) is 13.9 Å². The Morgan fingerprint density at radius 1 is 1.04 bits per heavy atom. The summed E-state index contributed by atoms with van der Waals surface area (Å²) >= 11 is 0. The molecule has 1 fully saturated rings. The van der Waals surface area contributed by atoms with Gasteiger partial charge in [0.1, 0.15) is 11.9 Å². The molecule has 0 saturated carbocycles. The number of nitrogens with zero attached hydrogens (tertiary/aromatic N) is 2. The van der Waals surface area contributed by atoms with Gasteiger partial charge in [0, 0.05) is 32.8 Å². The third-order valence-electron chi connectivity index (χ3n) is 7.32. The van der Waals surface area contributed by atoms with Crippen molar-refractivity contribution in [3.63, 3.8) is 0 Å². The van der Waals surface area contributed by atoms with E-state index in [4.69, 9.17) is 19.5 Å². The smallest absolute Gasteiger partial charge is 0.384 e. The SMILES string of the molecule is CCC=CCC=CCC=CCC=CCC=CCC=CCCC(=O)NCCNP(=O)(OC)OC(C)C1OC(n2ccc(N)nc2=O)C(F)(F)C1O. The minimum absolute atomic E-state index is 0.0249. The summed E-state index contributed by atoms with van der Waals surface area (Å²) in [4.78, 5) is 27.7. The van der Waals surface area contributed by atoms with Crippen molar-refractivity contribution >= 4 is 19.5 Å². The highest BCUT2D eigenvalue weighted by Crippen LogP contribution is 2.48.